The number of carbonyl (C=O) groups excluding carboxylic acids is 1. The first-order chi connectivity index (χ1) is 17.2. The van der Waals surface area contributed by atoms with Crippen LogP contribution in [-0.2, 0) is 11.4 Å². The van der Waals surface area contributed by atoms with Gasteiger partial charge in [-0.25, -0.2) is 0 Å². The number of nitrogens with one attached hydrogen (secondary N) is 1. The molecular formula is C27H24ClN3O5. The van der Waals surface area contributed by atoms with Gasteiger partial charge in [0.15, 0.2) is 11.5 Å². The van der Waals surface area contributed by atoms with Gasteiger partial charge >= 0.3 is 0 Å². The van der Waals surface area contributed by atoms with Gasteiger partial charge in [0.1, 0.15) is 18.2 Å². The minimum Gasteiger partial charge on any atom is -0.490 e. The third kappa shape index (κ3) is 6.62. The van der Waals surface area contributed by atoms with E-state index < -0.39 is 10.8 Å². The molecule has 8 nitrogen and oxygen atoms in total. The first kappa shape index (κ1) is 26.3. The van der Waals surface area contributed by atoms with Crippen LogP contribution in [0.4, 0.5) is 11.4 Å². The average Bonchev–Trinajstić information content (AvgIpc) is 2.84. The highest BCUT2D eigenvalue weighted by atomic mass is 35.5. The van der Waals surface area contributed by atoms with Gasteiger partial charge in [-0.15, -0.1) is 0 Å². The van der Waals surface area contributed by atoms with E-state index in [9.17, 15) is 20.2 Å². The summed E-state index contributed by atoms with van der Waals surface area (Å²) >= 11 is 6.47. The topological polar surface area (TPSA) is 114 Å². The molecule has 0 radical (unpaired) electrons. The van der Waals surface area contributed by atoms with Crippen LogP contribution in [-0.4, -0.2) is 17.4 Å². The van der Waals surface area contributed by atoms with E-state index in [2.05, 4.69) is 5.32 Å². The van der Waals surface area contributed by atoms with Crippen LogP contribution in [0.1, 0.15) is 29.2 Å². The summed E-state index contributed by atoms with van der Waals surface area (Å²) in [6.07, 6.45) is 1.43. The van der Waals surface area contributed by atoms with E-state index >= 15 is 0 Å². The van der Waals surface area contributed by atoms with Gasteiger partial charge in [0.05, 0.1) is 16.6 Å². The number of non-ortho nitro benzene ring substituents is 1. The Labute approximate surface area is 213 Å². The van der Waals surface area contributed by atoms with Gasteiger partial charge in [0.2, 0.25) is 0 Å². The van der Waals surface area contributed by atoms with Crippen molar-refractivity contribution in [2.24, 2.45) is 0 Å². The Bertz CT molecular complexity index is 1360. The Kier molecular flexibility index (Phi) is 8.66. The number of aryl methyl sites for hydroxylation is 2. The molecule has 0 aliphatic carbocycles. The number of carbonyl (C=O) groups is 1. The van der Waals surface area contributed by atoms with Crippen molar-refractivity contribution in [1.82, 2.24) is 0 Å². The second-order valence-corrected chi connectivity index (χ2v) is 8.32. The van der Waals surface area contributed by atoms with Crippen molar-refractivity contribution in [3.05, 3.63) is 97.6 Å². The van der Waals surface area contributed by atoms with E-state index in [0.717, 1.165) is 11.1 Å². The number of halogens is 1. The van der Waals surface area contributed by atoms with Crippen LogP contribution in [0.3, 0.4) is 0 Å². The molecule has 0 atom stereocenters. The number of ether oxygens (including phenoxy) is 2. The van der Waals surface area contributed by atoms with Gasteiger partial charge < -0.3 is 14.8 Å². The number of amides is 1. The zero-order valence-corrected chi connectivity index (χ0v) is 20.8. The second kappa shape index (κ2) is 11.9. The zero-order chi connectivity index (χ0) is 26.2. The van der Waals surface area contributed by atoms with Gasteiger partial charge in [-0.1, -0.05) is 23.7 Å². The summed E-state index contributed by atoms with van der Waals surface area (Å²) in [6.45, 7) is 6.02. The fourth-order valence-corrected chi connectivity index (χ4v) is 3.59. The molecule has 0 saturated heterocycles. The number of nitro benzene ring substituents is 1. The van der Waals surface area contributed by atoms with E-state index in [1.807, 2.05) is 38.1 Å². The van der Waals surface area contributed by atoms with E-state index in [-0.39, 0.29) is 28.6 Å². The number of nitrogens with zero attached hydrogens (tertiary/aromatic N) is 2. The molecule has 3 aromatic carbocycles. The number of nitriles is 1. The van der Waals surface area contributed by atoms with Crippen LogP contribution in [0, 0.1) is 35.3 Å². The molecule has 0 bridgehead atoms. The number of anilines is 1. The lowest BCUT2D eigenvalue weighted by atomic mass is 10.1. The molecule has 0 aliphatic rings. The maximum Gasteiger partial charge on any atom is 0.269 e. The molecule has 1 amide bonds. The normalized spacial score (nSPS) is 10.9. The minimum atomic E-state index is -0.543. The molecule has 1 N–H and O–H groups in total. The number of rotatable bonds is 9. The maximum absolute atomic E-state index is 12.8. The lowest BCUT2D eigenvalue weighted by Gasteiger charge is -2.15. The summed E-state index contributed by atoms with van der Waals surface area (Å²) in [5.41, 5.74) is 3.56. The quantitative estimate of drug-likeness (QED) is 0.156. The Morgan fingerprint density at radius 1 is 1.14 bits per heavy atom. The van der Waals surface area contributed by atoms with E-state index in [1.165, 1.54) is 18.2 Å². The SMILES string of the molecule is CCOc1cc(/C=C(\C#N)C(=O)Nc2cc(C)ccc2C)cc(Cl)c1OCc1ccc([N+](=O)[O-])cc1. The molecule has 0 unspecified atom stereocenters. The Morgan fingerprint density at radius 2 is 1.86 bits per heavy atom. The predicted molar refractivity (Wildman–Crippen MR) is 138 cm³/mol. The van der Waals surface area contributed by atoms with Crippen molar-refractivity contribution in [1.29, 1.82) is 5.26 Å². The monoisotopic (exact) mass is 505 g/mol. The molecule has 36 heavy (non-hydrogen) atoms. The highest BCUT2D eigenvalue weighted by Gasteiger charge is 2.16. The number of nitro groups is 1. The Balaban J connectivity index is 1.84. The molecule has 184 valence electrons. The standard InChI is InChI=1S/C27H24ClN3O5/c1-4-35-25-14-20(12-21(15-29)27(32)30-24-11-17(2)5-6-18(24)3)13-23(28)26(25)36-16-19-7-9-22(10-8-19)31(33)34/h5-14H,4,16H2,1-3H3,(H,30,32)/b21-12+. The van der Waals surface area contributed by atoms with Crippen molar-refractivity contribution in [2.45, 2.75) is 27.4 Å². The third-order valence-corrected chi connectivity index (χ3v) is 5.46. The lowest BCUT2D eigenvalue weighted by molar-refractivity contribution is -0.384. The van der Waals surface area contributed by atoms with Gasteiger partial charge in [-0.05, 0) is 79.4 Å². The van der Waals surface area contributed by atoms with Gasteiger partial charge in [-0.3, -0.25) is 14.9 Å². The van der Waals surface area contributed by atoms with Crippen molar-refractivity contribution < 1.29 is 19.2 Å². The molecule has 3 rings (SSSR count). The first-order valence-electron chi connectivity index (χ1n) is 11.0. The smallest absolute Gasteiger partial charge is 0.269 e. The van der Waals surface area contributed by atoms with Crippen LogP contribution in [0.25, 0.3) is 6.08 Å². The highest BCUT2D eigenvalue weighted by molar-refractivity contribution is 6.32. The Morgan fingerprint density at radius 3 is 2.50 bits per heavy atom. The van der Waals surface area contributed by atoms with Crippen molar-refractivity contribution in [3.63, 3.8) is 0 Å². The first-order valence-corrected chi connectivity index (χ1v) is 11.4. The van der Waals surface area contributed by atoms with E-state index in [1.54, 1.807) is 31.2 Å². The van der Waals surface area contributed by atoms with E-state index in [4.69, 9.17) is 21.1 Å². The second-order valence-electron chi connectivity index (χ2n) is 7.92. The molecule has 0 fully saturated rings. The zero-order valence-electron chi connectivity index (χ0n) is 20.0. The minimum absolute atomic E-state index is 0.0159. The molecule has 9 heteroatoms. The fraction of sp³-hybridized carbons (Fsp3) is 0.185. The molecule has 0 aliphatic heterocycles. The van der Waals surface area contributed by atoms with Gasteiger partial charge in [0, 0.05) is 17.8 Å². The van der Waals surface area contributed by atoms with Gasteiger partial charge in [0.25, 0.3) is 11.6 Å². The summed E-state index contributed by atoms with van der Waals surface area (Å²) in [5.74, 6) is 0.0801. The van der Waals surface area contributed by atoms with Crippen molar-refractivity contribution in [3.8, 4) is 17.6 Å². The molecule has 0 heterocycles. The summed E-state index contributed by atoms with van der Waals surface area (Å²) in [5, 5.41) is 23.4. The largest absolute Gasteiger partial charge is 0.490 e. The molecule has 0 saturated carbocycles. The van der Waals surface area contributed by atoms with Crippen molar-refractivity contribution >= 4 is 35.0 Å². The lowest BCUT2D eigenvalue weighted by Crippen LogP contribution is -2.14. The molecule has 3 aromatic rings. The Hall–Kier alpha value is -4.35. The molecule has 0 aromatic heterocycles. The number of hydrogen-bond acceptors (Lipinski definition) is 6. The van der Waals surface area contributed by atoms with E-state index in [0.29, 0.717) is 29.2 Å². The van der Waals surface area contributed by atoms with Gasteiger partial charge in [-0.2, -0.15) is 5.26 Å². The average molecular weight is 506 g/mol. The number of benzene rings is 3. The summed E-state index contributed by atoms with van der Waals surface area (Å²) in [7, 11) is 0. The fourth-order valence-electron chi connectivity index (χ4n) is 3.32. The summed E-state index contributed by atoms with van der Waals surface area (Å²) in [6, 6.07) is 16.8. The maximum atomic E-state index is 12.8. The van der Waals surface area contributed by atoms with Crippen LogP contribution in [0.15, 0.2) is 60.2 Å². The van der Waals surface area contributed by atoms with Crippen molar-refractivity contribution in [2.75, 3.05) is 11.9 Å². The summed E-state index contributed by atoms with van der Waals surface area (Å²) < 4.78 is 11.5. The summed E-state index contributed by atoms with van der Waals surface area (Å²) in [4.78, 5) is 23.1. The third-order valence-electron chi connectivity index (χ3n) is 5.18. The number of hydrogen-bond donors (Lipinski definition) is 1. The predicted octanol–water partition coefficient (Wildman–Crippen LogP) is 6.39. The molecular weight excluding hydrogens is 482 g/mol. The van der Waals surface area contributed by atoms with Crippen LogP contribution in [0.5, 0.6) is 11.5 Å². The van der Waals surface area contributed by atoms with Crippen LogP contribution < -0.4 is 14.8 Å². The van der Waals surface area contributed by atoms with Crippen LogP contribution in [0.2, 0.25) is 5.02 Å². The van der Waals surface area contributed by atoms with Crippen LogP contribution >= 0.6 is 11.6 Å². The highest BCUT2D eigenvalue weighted by Crippen LogP contribution is 2.38. The molecule has 0 spiro atoms.